The van der Waals surface area contributed by atoms with Gasteiger partial charge in [0.1, 0.15) is 6.67 Å². The van der Waals surface area contributed by atoms with Crippen LogP contribution in [0, 0.1) is 12.6 Å². The first-order valence-electron chi connectivity index (χ1n) is 5.82. The third-order valence-corrected chi connectivity index (χ3v) is 3.12. The number of nitrogens with one attached hydrogen (secondary N) is 1. The average Bonchev–Trinajstić information content (AvgIpc) is 2.40. The van der Waals surface area contributed by atoms with Gasteiger partial charge >= 0.3 is 0 Å². The molecule has 0 aromatic heterocycles. The van der Waals surface area contributed by atoms with Crippen molar-refractivity contribution < 1.29 is 0 Å². The maximum Gasteiger partial charge on any atom is 0.136 e. The molecule has 2 unspecified atom stereocenters. The van der Waals surface area contributed by atoms with Gasteiger partial charge in [-0.25, -0.2) is 0 Å². The molecule has 85 valence electrons. The first-order chi connectivity index (χ1) is 8.43. The molecular weight excluding hydrogens is 210 g/mol. The minimum Gasteiger partial charge on any atom is -0.285 e. The summed E-state index contributed by atoms with van der Waals surface area (Å²) in [7, 11) is 0. The number of nitrogens with zero attached hydrogens (tertiary/aromatic N) is 2. The predicted molar refractivity (Wildman–Crippen MR) is 69.9 cm³/mol. The van der Waals surface area contributed by atoms with Gasteiger partial charge in [-0.3, -0.25) is 15.3 Å². The maximum atomic E-state index is 4.46. The number of rotatable bonds is 2. The fourth-order valence-corrected chi connectivity index (χ4v) is 2.21. The van der Waals surface area contributed by atoms with E-state index < -0.39 is 0 Å². The molecule has 1 aromatic rings. The summed E-state index contributed by atoms with van der Waals surface area (Å²) >= 11 is 0. The Morgan fingerprint density at radius 2 is 2.06 bits per heavy atom. The second-order valence-corrected chi connectivity index (χ2v) is 4.27. The van der Waals surface area contributed by atoms with Gasteiger partial charge in [0.15, 0.2) is 0 Å². The third kappa shape index (κ3) is 2.19. The van der Waals surface area contributed by atoms with Crippen molar-refractivity contribution in [2.75, 3.05) is 0 Å². The summed E-state index contributed by atoms with van der Waals surface area (Å²) in [6.07, 6.45) is 6.79. The third-order valence-electron chi connectivity index (χ3n) is 3.12. The number of hydrogen-bond donors (Lipinski definition) is 1. The van der Waals surface area contributed by atoms with Gasteiger partial charge < -0.3 is 0 Å². The van der Waals surface area contributed by atoms with Crippen LogP contribution in [0.3, 0.4) is 0 Å². The molecule has 0 fully saturated rings. The molecule has 2 aliphatic heterocycles. The SMILES string of the molecule is [CH]1N=C(Cc2ccccc2)C2C=NC=CC2N1. The molecule has 17 heavy (non-hydrogen) atoms. The summed E-state index contributed by atoms with van der Waals surface area (Å²) in [5.41, 5.74) is 2.47. The van der Waals surface area contributed by atoms with Crippen LogP contribution in [0.4, 0.5) is 0 Å². The number of fused-ring (bicyclic) bond motifs is 1. The molecule has 0 spiro atoms. The van der Waals surface area contributed by atoms with Crippen LogP contribution in [-0.4, -0.2) is 18.0 Å². The molecule has 2 heterocycles. The second kappa shape index (κ2) is 4.63. The van der Waals surface area contributed by atoms with Gasteiger partial charge in [-0.15, -0.1) is 0 Å². The van der Waals surface area contributed by atoms with Crippen LogP contribution in [0.2, 0.25) is 0 Å². The molecular formula is C14H14N3. The minimum absolute atomic E-state index is 0.283. The van der Waals surface area contributed by atoms with E-state index in [0.29, 0.717) is 6.04 Å². The van der Waals surface area contributed by atoms with Gasteiger partial charge in [-0.1, -0.05) is 30.3 Å². The van der Waals surface area contributed by atoms with Gasteiger partial charge in [0.2, 0.25) is 0 Å². The molecule has 1 aromatic carbocycles. The first-order valence-corrected chi connectivity index (χ1v) is 5.82. The Balaban J connectivity index is 1.81. The number of hydrogen-bond acceptors (Lipinski definition) is 3. The lowest BCUT2D eigenvalue weighted by atomic mass is 9.89. The topological polar surface area (TPSA) is 36.8 Å². The molecule has 0 amide bonds. The Hall–Kier alpha value is -1.74. The highest BCUT2D eigenvalue weighted by atomic mass is 15.1. The van der Waals surface area contributed by atoms with Crippen LogP contribution in [0.25, 0.3) is 0 Å². The van der Waals surface area contributed by atoms with Crippen molar-refractivity contribution in [2.45, 2.75) is 12.5 Å². The Morgan fingerprint density at radius 1 is 1.18 bits per heavy atom. The van der Waals surface area contributed by atoms with E-state index in [0.717, 1.165) is 6.42 Å². The van der Waals surface area contributed by atoms with Crippen molar-refractivity contribution in [3.05, 3.63) is 54.8 Å². The van der Waals surface area contributed by atoms with E-state index in [2.05, 4.69) is 45.6 Å². The molecule has 3 heteroatoms. The monoisotopic (exact) mass is 224 g/mol. The fraction of sp³-hybridized carbons (Fsp3) is 0.214. The summed E-state index contributed by atoms with van der Waals surface area (Å²) < 4.78 is 0. The molecule has 3 nitrogen and oxygen atoms in total. The van der Waals surface area contributed by atoms with Gasteiger partial charge in [0.05, 0.1) is 5.92 Å². The molecule has 0 aliphatic carbocycles. The van der Waals surface area contributed by atoms with E-state index in [1.807, 2.05) is 18.5 Å². The first kappa shape index (κ1) is 10.4. The van der Waals surface area contributed by atoms with Crippen molar-refractivity contribution in [3.63, 3.8) is 0 Å². The van der Waals surface area contributed by atoms with E-state index in [-0.39, 0.29) is 5.92 Å². The summed E-state index contributed by atoms with van der Waals surface area (Å²) in [6.45, 7) is 1.79. The molecule has 2 atom stereocenters. The fourth-order valence-electron chi connectivity index (χ4n) is 2.21. The lowest BCUT2D eigenvalue weighted by Gasteiger charge is -2.29. The molecule has 1 N–H and O–H groups in total. The highest BCUT2D eigenvalue weighted by Gasteiger charge is 2.27. The highest BCUT2D eigenvalue weighted by Crippen LogP contribution is 2.18. The quantitative estimate of drug-likeness (QED) is 0.819. The van der Waals surface area contributed by atoms with Crippen molar-refractivity contribution in [3.8, 4) is 0 Å². The summed E-state index contributed by atoms with van der Waals surface area (Å²) in [4.78, 5) is 8.68. The van der Waals surface area contributed by atoms with Crippen molar-refractivity contribution >= 4 is 11.9 Å². The zero-order valence-electron chi connectivity index (χ0n) is 9.45. The van der Waals surface area contributed by atoms with E-state index >= 15 is 0 Å². The van der Waals surface area contributed by atoms with Crippen LogP contribution in [0.5, 0.6) is 0 Å². The van der Waals surface area contributed by atoms with Crippen molar-refractivity contribution in [1.82, 2.24) is 5.32 Å². The molecule has 1 radical (unpaired) electrons. The van der Waals surface area contributed by atoms with E-state index in [1.165, 1.54) is 11.3 Å². The Labute approximate surface area is 101 Å². The Kier molecular flexibility index (Phi) is 2.84. The lowest BCUT2D eigenvalue weighted by Crippen LogP contribution is -2.43. The zero-order chi connectivity index (χ0) is 11.5. The van der Waals surface area contributed by atoms with Crippen LogP contribution < -0.4 is 5.32 Å². The summed E-state index contributed by atoms with van der Waals surface area (Å²) in [6, 6.07) is 10.7. The van der Waals surface area contributed by atoms with Crippen LogP contribution >= 0.6 is 0 Å². The van der Waals surface area contributed by atoms with E-state index in [9.17, 15) is 0 Å². The smallest absolute Gasteiger partial charge is 0.136 e. The van der Waals surface area contributed by atoms with Crippen LogP contribution in [0.15, 0.2) is 52.6 Å². The standard InChI is InChI=1S/C14H14N3/c1-2-4-11(5-3-1)8-14-12-9-15-7-6-13(12)16-10-17-14/h1-7,9-10,12-13,16H,8H2. The zero-order valence-corrected chi connectivity index (χ0v) is 9.45. The van der Waals surface area contributed by atoms with E-state index in [4.69, 9.17) is 0 Å². The molecule has 0 saturated carbocycles. The lowest BCUT2D eigenvalue weighted by molar-refractivity contribution is 0.591. The van der Waals surface area contributed by atoms with Crippen molar-refractivity contribution in [1.29, 1.82) is 0 Å². The molecule has 2 aliphatic rings. The number of aliphatic imine (C=N–C) groups is 2. The predicted octanol–water partition coefficient (Wildman–Crippen LogP) is 1.98. The highest BCUT2D eigenvalue weighted by molar-refractivity contribution is 6.02. The Morgan fingerprint density at radius 3 is 2.94 bits per heavy atom. The molecule has 3 rings (SSSR count). The summed E-state index contributed by atoms with van der Waals surface area (Å²) in [5, 5.41) is 3.25. The number of benzene rings is 1. The second-order valence-electron chi connectivity index (χ2n) is 4.27. The molecule has 0 bridgehead atoms. The maximum absolute atomic E-state index is 4.46. The normalized spacial score (nSPS) is 26.5. The average molecular weight is 224 g/mol. The molecule has 0 saturated heterocycles. The van der Waals surface area contributed by atoms with Gasteiger partial charge in [-0.05, 0) is 11.6 Å². The van der Waals surface area contributed by atoms with E-state index in [1.54, 1.807) is 6.67 Å². The van der Waals surface area contributed by atoms with Crippen LogP contribution in [-0.2, 0) is 6.42 Å². The van der Waals surface area contributed by atoms with Crippen LogP contribution in [0.1, 0.15) is 5.56 Å². The van der Waals surface area contributed by atoms with Gasteiger partial charge in [0, 0.05) is 30.6 Å². The Bertz CT molecular complexity index is 474. The minimum atomic E-state index is 0.283. The largest absolute Gasteiger partial charge is 0.285 e. The van der Waals surface area contributed by atoms with Gasteiger partial charge in [-0.2, -0.15) is 0 Å². The van der Waals surface area contributed by atoms with Crippen molar-refractivity contribution in [2.24, 2.45) is 15.9 Å². The summed E-state index contributed by atoms with van der Waals surface area (Å²) in [5.74, 6) is 0.283. The van der Waals surface area contributed by atoms with Gasteiger partial charge in [0.25, 0.3) is 0 Å².